The van der Waals surface area contributed by atoms with E-state index in [1.807, 2.05) is 0 Å². The van der Waals surface area contributed by atoms with E-state index in [1.165, 1.54) is 7.11 Å². The first kappa shape index (κ1) is 15.5. The molecule has 5 nitrogen and oxygen atoms in total. The number of rotatable bonds is 6. The summed E-state index contributed by atoms with van der Waals surface area (Å²) in [6, 6.07) is 1.99. The van der Waals surface area contributed by atoms with Gasteiger partial charge in [-0.3, -0.25) is 4.79 Å². The van der Waals surface area contributed by atoms with Gasteiger partial charge in [0, 0.05) is 26.2 Å². The fourth-order valence-electron chi connectivity index (χ4n) is 1.33. The molecule has 0 heterocycles. The summed E-state index contributed by atoms with van der Waals surface area (Å²) in [5.41, 5.74) is 0. The van der Waals surface area contributed by atoms with Crippen LogP contribution >= 0.6 is 0 Å². The van der Waals surface area contributed by atoms with Gasteiger partial charge in [-0.2, -0.15) is 0 Å². The van der Waals surface area contributed by atoms with Gasteiger partial charge in [0.05, 0.1) is 0 Å². The topological polar surface area (TPSA) is 72.5 Å². The highest BCUT2D eigenvalue weighted by molar-refractivity contribution is 7.90. The summed E-state index contributed by atoms with van der Waals surface area (Å²) in [6.07, 6.45) is 0.264. The number of hydrogen-bond acceptors (Lipinski definition) is 4. The standard InChI is InChI=1S/C11H13F2NO4S/c1-18-6-2-3-11(15)14-19(16,17)10-5-4-8(12)7-9(10)13/h4-5,7H,2-3,6H2,1H3,(H,14,15). The molecule has 0 unspecified atom stereocenters. The zero-order valence-corrected chi connectivity index (χ0v) is 11.0. The maximum absolute atomic E-state index is 13.3. The van der Waals surface area contributed by atoms with Gasteiger partial charge in [-0.15, -0.1) is 0 Å². The minimum atomic E-state index is -4.33. The summed E-state index contributed by atoms with van der Waals surface area (Å²) >= 11 is 0. The second-order valence-corrected chi connectivity index (χ2v) is 5.35. The third kappa shape index (κ3) is 4.56. The molecule has 19 heavy (non-hydrogen) atoms. The van der Waals surface area contributed by atoms with Crippen molar-refractivity contribution in [1.82, 2.24) is 4.72 Å². The highest BCUT2D eigenvalue weighted by Gasteiger charge is 2.21. The van der Waals surface area contributed by atoms with Crippen molar-refractivity contribution in [3.63, 3.8) is 0 Å². The monoisotopic (exact) mass is 293 g/mol. The molecule has 0 aliphatic rings. The Bertz CT molecular complexity index is 560. The Labute approximate surface area is 109 Å². The second kappa shape index (κ2) is 6.58. The fraction of sp³-hybridized carbons (Fsp3) is 0.364. The summed E-state index contributed by atoms with van der Waals surface area (Å²) in [4.78, 5) is 10.6. The van der Waals surface area contributed by atoms with Crippen molar-refractivity contribution in [1.29, 1.82) is 0 Å². The number of methoxy groups -OCH3 is 1. The smallest absolute Gasteiger partial charge is 0.266 e. The maximum atomic E-state index is 13.3. The van der Waals surface area contributed by atoms with Gasteiger partial charge in [0.1, 0.15) is 16.5 Å². The molecule has 0 radical (unpaired) electrons. The SMILES string of the molecule is COCCCC(=O)NS(=O)(=O)c1ccc(F)cc1F. The number of halogens is 2. The Morgan fingerprint density at radius 2 is 2.05 bits per heavy atom. The molecule has 1 rings (SSSR count). The van der Waals surface area contributed by atoms with Crippen LogP contribution in [0.3, 0.4) is 0 Å². The third-order valence-corrected chi connectivity index (χ3v) is 3.59. The lowest BCUT2D eigenvalue weighted by atomic mass is 10.3. The molecule has 106 valence electrons. The van der Waals surface area contributed by atoms with E-state index >= 15 is 0 Å². The lowest BCUT2D eigenvalue weighted by Crippen LogP contribution is -2.31. The Morgan fingerprint density at radius 3 is 2.63 bits per heavy atom. The van der Waals surface area contributed by atoms with Crippen LogP contribution in [0.4, 0.5) is 8.78 Å². The fourth-order valence-corrected chi connectivity index (χ4v) is 2.40. The van der Waals surface area contributed by atoms with Gasteiger partial charge in [0.2, 0.25) is 5.91 Å². The Morgan fingerprint density at radius 1 is 1.37 bits per heavy atom. The molecule has 1 aromatic carbocycles. The first-order chi connectivity index (χ1) is 8.86. The number of hydrogen-bond donors (Lipinski definition) is 1. The first-order valence-corrected chi connectivity index (χ1v) is 6.85. The molecule has 0 atom stereocenters. The molecule has 0 aliphatic carbocycles. The molecule has 0 fully saturated rings. The predicted octanol–water partition coefficient (Wildman–Crippen LogP) is 1.20. The Balaban J connectivity index is 2.78. The predicted molar refractivity (Wildman–Crippen MR) is 62.8 cm³/mol. The number of amides is 1. The van der Waals surface area contributed by atoms with Crippen molar-refractivity contribution in [2.75, 3.05) is 13.7 Å². The van der Waals surface area contributed by atoms with Crippen LogP contribution in [0.25, 0.3) is 0 Å². The van der Waals surface area contributed by atoms with Crippen LogP contribution in [0, 0.1) is 11.6 Å². The summed E-state index contributed by atoms with van der Waals surface area (Å²) in [7, 11) is -2.88. The van der Waals surface area contributed by atoms with Crippen LogP contribution in [-0.4, -0.2) is 28.0 Å². The maximum Gasteiger partial charge on any atom is 0.266 e. The van der Waals surface area contributed by atoms with Crippen LogP contribution in [0.1, 0.15) is 12.8 Å². The first-order valence-electron chi connectivity index (χ1n) is 5.36. The minimum absolute atomic E-state index is 0.0735. The van der Waals surface area contributed by atoms with E-state index in [0.29, 0.717) is 19.1 Å². The lowest BCUT2D eigenvalue weighted by molar-refractivity contribution is -0.119. The molecule has 0 aromatic heterocycles. The van der Waals surface area contributed by atoms with E-state index in [4.69, 9.17) is 4.74 Å². The number of carbonyl (C=O) groups is 1. The van der Waals surface area contributed by atoms with Crippen LogP contribution in [0.15, 0.2) is 23.1 Å². The zero-order chi connectivity index (χ0) is 14.5. The van der Waals surface area contributed by atoms with Crippen molar-refractivity contribution in [2.24, 2.45) is 0 Å². The highest BCUT2D eigenvalue weighted by atomic mass is 32.2. The average molecular weight is 293 g/mol. The molecule has 1 N–H and O–H groups in total. The van der Waals surface area contributed by atoms with E-state index in [2.05, 4.69) is 0 Å². The summed E-state index contributed by atoms with van der Waals surface area (Å²) < 4.78 is 55.8. The van der Waals surface area contributed by atoms with Crippen molar-refractivity contribution in [3.05, 3.63) is 29.8 Å². The molecule has 1 amide bonds. The van der Waals surface area contributed by atoms with Gasteiger partial charge in [0.15, 0.2) is 0 Å². The molecular weight excluding hydrogens is 280 g/mol. The quantitative estimate of drug-likeness (QED) is 0.800. The Kier molecular flexibility index (Phi) is 5.37. The van der Waals surface area contributed by atoms with Gasteiger partial charge < -0.3 is 4.74 Å². The number of ether oxygens (including phenoxy) is 1. The summed E-state index contributed by atoms with van der Waals surface area (Å²) in [5.74, 6) is -2.93. The molecule has 0 bridgehead atoms. The van der Waals surface area contributed by atoms with Gasteiger partial charge >= 0.3 is 0 Å². The van der Waals surface area contributed by atoms with E-state index in [-0.39, 0.29) is 6.42 Å². The largest absolute Gasteiger partial charge is 0.385 e. The van der Waals surface area contributed by atoms with E-state index in [0.717, 1.165) is 12.1 Å². The van der Waals surface area contributed by atoms with Crippen LogP contribution < -0.4 is 4.72 Å². The molecular formula is C11H13F2NO4S. The average Bonchev–Trinajstić information content (AvgIpc) is 2.27. The van der Waals surface area contributed by atoms with Crippen LogP contribution in [-0.2, 0) is 19.6 Å². The van der Waals surface area contributed by atoms with Gasteiger partial charge in [-0.05, 0) is 18.6 Å². The second-order valence-electron chi connectivity index (χ2n) is 3.70. The summed E-state index contributed by atoms with van der Waals surface area (Å²) in [5, 5.41) is 0. The molecule has 1 aromatic rings. The van der Waals surface area contributed by atoms with E-state index in [9.17, 15) is 22.0 Å². The Hall–Kier alpha value is -1.54. The van der Waals surface area contributed by atoms with Crippen LogP contribution in [0.5, 0.6) is 0 Å². The highest BCUT2D eigenvalue weighted by Crippen LogP contribution is 2.15. The van der Waals surface area contributed by atoms with E-state index in [1.54, 1.807) is 4.72 Å². The normalized spacial score (nSPS) is 11.3. The van der Waals surface area contributed by atoms with Crippen molar-refractivity contribution in [3.8, 4) is 0 Å². The molecule has 0 aliphatic heterocycles. The number of carbonyl (C=O) groups excluding carboxylic acids is 1. The number of nitrogens with one attached hydrogen (secondary N) is 1. The van der Waals surface area contributed by atoms with Gasteiger partial charge in [0.25, 0.3) is 10.0 Å². The third-order valence-electron chi connectivity index (χ3n) is 2.18. The number of sulfonamides is 1. The summed E-state index contributed by atoms with van der Waals surface area (Å²) in [6.45, 7) is 0.304. The van der Waals surface area contributed by atoms with E-state index < -0.39 is 32.5 Å². The van der Waals surface area contributed by atoms with Crippen molar-refractivity contribution < 1.29 is 26.7 Å². The molecule has 8 heteroatoms. The molecule has 0 saturated heterocycles. The number of benzene rings is 1. The zero-order valence-electron chi connectivity index (χ0n) is 10.2. The van der Waals surface area contributed by atoms with Crippen LogP contribution in [0.2, 0.25) is 0 Å². The van der Waals surface area contributed by atoms with Crippen molar-refractivity contribution >= 4 is 15.9 Å². The lowest BCUT2D eigenvalue weighted by Gasteiger charge is -2.07. The molecule has 0 saturated carbocycles. The van der Waals surface area contributed by atoms with Gasteiger partial charge in [-0.1, -0.05) is 0 Å². The molecule has 0 spiro atoms. The minimum Gasteiger partial charge on any atom is -0.385 e. The van der Waals surface area contributed by atoms with Gasteiger partial charge in [-0.25, -0.2) is 21.9 Å². The van der Waals surface area contributed by atoms with Crippen molar-refractivity contribution in [2.45, 2.75) is 17.7 Å².